The summed E-state index contributed by atoms with van der Waals surface area (Å²) in [4.78, 5) is 0. The van der Waals surface area contributed by atoms with Crippen LogP contribution in [0, 0.1) is 11.3 Å². The molecule has 80 valence electrons. The van der Waals surface area contributed by atoms with E-state index in [2.05, 4.69) is 27.3 Å². The molecule has 0 unspecified atom stereocenters. The predicted molar refractivity (Wildman–Crippen MR) is 64.9 cm³/mol. The van der Waals surface area contributed by atoms with E-state index in [-0.39, 0.29) is 0 Å². The lowest BCUT2D eigenvalue weighted by Gasteiger charge is -2.07. The molecule has 0 spiro atoms. The van der Waals surface area contributed by atoms with Gasteiger partial charge >= 0.3 is 0 Å². The fourth-order valence-corrected chi connectivity index (χ4v) is 1.84. The molecule has 0 saturated heterocycles. The smallest absolute Gasteiger partial charge is 0.0992 e. The van der Waals surface area contributed by atoms with Crippen LogP contribution in [0.5, 0.6) is 0 Å². The van der Waals surface area contributed by atoms with Gasteiger partial charge in [-0.15, -0.1) is 0 Å². The van der Waals surface area contributed by atoms with Crippen LogP contribution in [-0.4, -0.2) is 0 Å². The average molecular weight is 277 g/mol. The highest BCUT2D eigenvalue weighted by Crippen LogP contribution is 2.23. The number of anilines is 1. The second-order valence-electron chi connectivity index (χ2n) is 3.29. The Morgan fingerprint density at radius 2 is 2.25 bits per heavy atom. The quantitative estimate of drug-likeness (QED) is 0.933. The van der Waals surface area contributed by atoms with E-state index < -0.39 is 0 Å². The van der Waals surface area contributed by atoms with E-state index in [1.165, 1.54) is 0 Å². The summed E-state index contributed by atoms with van der Waals surface area (Å²) in [5, 5.41) is 12.0. The molecular weight excluding hydrogens is 268 g/mol. The Labute approximate surface area is 102 Å². The third-order valence-corrected chi connectivity index (χ3v) is 2.82. The van der Waals surface area contributed by atoms with Crippen molar-refractivity contribution < 1.29 is 4.42 Å². The molecule has 0 amide bonds. The minimum Gasteiger partial charge on any atom is -0.472 e. The third kappa shape index (κ3) is 2.44. The van der Waals surface area contributed by atoms with E-state index >= 15 is 0 Å². The Kier molecular flexibility index (Phi) is 3.28. The Hall–Kier alpha value is -1.73. The monoisotopic (exact) mass is 276 g/mol. The summed E-state index contributed by atoms with van der Waals surface area (Å²) < 4.78 is 5.86. The molecule has 2 aromatic rings. The molecule has 1 heterocycles. The molecular formula is C12H9BrN2O. The molecule has 0 atom stereocenters. The van der Waals surface area contributed by atoms with Crippen LogP contribution in [0.1, 0.15) is 11.1 Å². The summed E-state index contributed by atoms with van der Waals surface area (Å²) in [5.74, 6) is 0. The van der Waals surface area contributed by atoms with Crippen molar-refractivity contribution >= 4 is 21.6 Å². The van der Waals surface area contributed by atoms with Gasteiger partial charge in [0.05, 0.1) is 24.2 Å². The van der Waals surface area contributed by atoms with E-state index in [4.69, 9.17) is 9.68 Å². The van der Waals surface area contributed by atoms with Crippen LogP contribution in [0.3, 0.4) is 0 Å². The summed E-state index contributed by atoms with van der Waals surface area (Å²) in [6, 6.07) is 9.45. The zero-order chi connectivity index (χ0) is 11.4. The van der Waals surface area contributed by atoms with Crippen molar-refractivity contribution in [3.8, 4) is 6.07 Å². The summed E-state index contributed by atoms with van der Waals surface area (Å²) in [6.45, 7) is 0.695. The normalized spacial score (nSPS) is 9.75. The molecule has 0 radical (unpaired) electrons. The van der Waals surface area contributed by atoms with Gasteiger partial charge in [-0.25, -0.2) is 0 Å². The minimum atomic E-state index is 0.640. The number of nitriles is 1. The Balaban J connectivity index is 2.08. The van der Waals surface area contributed by atoms with Crippen LogP contribution in [0.15, 0.2) is 45.7 Å². The van der Waals surface area contributed by atoms with E-state index in [1.807, 2.05) is 12.1 Å². The molecule has 0 saturated carbocycles. The molecule has 0 aliphatic heterocycles. The van der Waals surface area contributed by atoms with Gasteiger partial charge in [-0.3, -0.25) is 0 Å². The van der Waals surface area contributed by atoms with Crippen molar-refractivity contribution in [2.45, 2.75) is 6.54 Å². The lowest BCUT2D eigenvalue weighted by molar-refractivity contribution is 0.564. The zero-order valence-corrected chi connectivity index (χ0v) is 9.99. The summed E-state index contributed by atoms with van der Waals surface area (Å²) in [5.41, 5.74) is 2.68. The first-order valence-electron chi connectivity index (χ1n) is 4.74. The van der Waals surface area contributed by atoms with Gasteiger partial charge in [-0.2, -0.15) is 5.26 Å². The molecule has 2 rings (SSSR count). The predicted octanol–water partition coefficient (Wildman–Crippen LogP) is 3.53. The largest absolute Gasteiger partial charge is 0.472 e. The molecule has 0 fully saturated rings. The number of rotatable bonds is 3. The van der Waals surface area contributed by atoms with Crippen LogP contribution in [0.4, 0.5) is 5.69 Å². The van der Waals surface area contributed by atoms with Gasteiger partial charge in [0.15, 0.2) is 0 Å². The van der Waals surface area contributed by atoms with E-state index in [0.717, 1.165) is 15.7 Å². The average Bonchev–Trinajstić information content (AvgIpc) is 2.80. The van der Waals surface area contributed by atoms with Crippen molar-refractivity contribution in [2.75, 3.05) is 5.32 Å². The van der Waals surface area contributed by atoms with E-state index in [1.54, 1.807) is 24.7 Å². The topological polar surface area (TPSA) is 49.0 Å². The Morgan fingerprint density at radius 3 is 2.88 bits per heavy atom. The van der Waals surface area contributed by atoms with Crippen LogP contribution in [0.2, 0.25) is 0 Å². The number of hydrogen-bond donors (Lipinski definition) is 1. The van der Waals surface area contributed by atoms with Gasteiger partial charge in [0.2, 0.25) is 0 Å². The van der Waals surface area contributed by atoms with E-state index in [0.29, 0.717) is 12.1 Å². The maximum atomic E-state index is 8.73. The van der Waals surface area contributed by atoms with Gasteiger partial charge in [-0.05, 0) is 40.2 Å². The van der Waals surface area contributed by atoms with Crippen molar-refractivity contribution in [3.05, 3.63) is 52.4 Å². The molecule has 1 aromatic carbocycles. The maximum absolute atomic E-state index is 8.73. The van der Waals surface area contributed by atoms with E-state index in [9.17, 15) is 0 Å². The molecule has 4 heteroatoms. The highest BCUT2D eigenvalue weighted by Gasteiger charge is 2.01. The van der Waals surface area contributed by atoms with Gasteiger partial charge in [-0.1, -0.05) is 0 Å². The SMILES string of the molecule is N#Cc1ccc(NCc2ccoc2)c(Br)c1. The number of benzene rings is 1. The van der Waals surface area contributed by atoms with Crippen molar-refractivity contribution in [1.82, 2.24) is 0 Å². The number of halogens is 1. The molecule has 3 nitrogen and oxygen atoms in total. The van der Waals surface area contributed by atoms with Crippen molar-refractivity contribution in [3.63, 3.8) is 0 Å². The molecule has 0 aliphatic rings. The fourth-order valence-electron chi connectivity index (χ4n) is 1.32. The number of hydrogen-bond acceptors (Lipinski definition) is 3. The first kappa shape index (κ1) is 10.8. The summed E-state index contributed by atoms with van der Waals surface area (Å²) in [6.07, 6.45) is 3.34. The minimum absolute atomic E-state index is 0.640. The summed E-state index contributed by atoms with van der Waals surface area (Å²) >= 11 is 3.42. The Morgan fingerprint density at radius 1 is 1.38 bits per heavy atom. The highest BCUT2D eigenvalue weighted by atomic mass is 79.9. The lowest BCUT2D eigenvalue weighted by atomic mass is 10.2. The van der Waals surface area contributed by atoms with Crippen LogP contribution in [0.25, 0.3) is 0 Å². The van der Waals surface area contributed by atoms with Gasteiger partial charge in [0, 0.05) is 22.3 Å². The van der Waals surface area contributed by atoms with Gasteiger partial charge < -0.3 is 9.73 Å². The second-order valence-corrected chi connectivity index (χ2v) is 4.15. The zero-order valence-electron chi connectivity index (χ0n) is 8.40. The molecule has 1 aromatic heterocycles. The number of nitrogens with one attached hydrogen (secondary N) is 1. The molecule has 1 N–H and O–H groups in total. The lowest BCUT2D eigenvalue weighted by Crippen LogP contribution is -1.98. The van der Waals surface area contributed by atoms with Crippen LogP contribution < -0.4 is 5.32 Å². The number of furan rings is 1. The van der Waals surface area contributed by atoms with Crippen LogP contribution in [-0.2, 0) is 6.54 Å². The van der Waals surface area contributed by atoms with Crippen molar-refractivity contribution in [2.24, 2.45) is 0 Å². The van der Waals surface area contributed by atoms with Gasteiger partial charge in [0.25, 0.3) is 0 Å². The second kappa shape index (κ2) is 4.86. The highest BCUT2D eigenvalue weighted by molar-refractivity contribution is 9.10. The first-order chi connectivity index (χ1) is 7.79. The first-order valence-corrected chi connectivity index (χ1v) is 5.53. The fraction of sp³-hybridized carbons (Fsp3) is 0.0833. The number of nitrogens with zero attached hydrogens (tertiary/aromatic N) is 1. The van der Waals surface area contributed by atoms with Gasteiger partial charge in [0.1, 0.15) is 0 Å². The Bertz CT molecular complexity index is 514. The molecule has 16 heavy (non-hydrogen) atoms. The third-order valence-electron chi connectivity index (χ3n) is 2.16. The molecule has 0 bridgehead atoms. The standard InChI is InChI=1S/C12H9BrN2O/c13-11-5-9(6-14)1-2-12(11)15-7-10-3-4-16-8-10/h1-5,8,15H,7H2. The van der Waals surface area contributed by atoms with Crippen molar-refractivity contribution in [1.29, 1.82) is 5.26 Å². The molecule has 0 aliphatic carbocycles. The maximum Gasteiger partial charge on any atom is 0.0992 e. The summed E-state index contributed by atoms with van der Waals surface area (Å²) in [7, 11) is 0. The van der Waals surface area contributed by atoms with Crippen LogP contribution >= 0.6 is 15.9 Å².